The van der Waals surface area contributed by atoms with E-state index in [0.29, 0.717) is 0 Å². The van der Waals surface area contributed by atoms with Gasteiger partial charge in [0.15, 0.2) is 0 Å². The predicted molar refractivity (Wildman–Crippen MR) is 55.0 cm³/mol. The maximum absolute atomic E-state index is 6.15. The van der Waals surface area contributed by atoms with Gasteiger partial charge < -0.3 is 10.5 Å². The molecule has 0 spiro atoms. The van der Waals surface area contributed by atoms with Crippen LogP contribution in [-0.2, 0) is 11.2 Å². The van der Waals surface area contributed by atoms with Crippen LogP contribution in [0.2, 0.25) is 0 Å². The van der Waals surface area contributed by atoms with Crippen LogP contribution in [0, 0.1) is 0 Å². The van der Waals surface area contributed by atoms with Crippen LogP contribution in [0.25, 0.3) is 0 Å². The molecule has 1 aromatic heterocycles. The first-order chi connectivity index (χ1) is 6.29. The molecule has 0 aliphatic carbocycles. The van der Waals surface area contributed by atoms with Crippen molar-refractivity contribution in [1.82, 2.24) is 0 Å². The summed E-state index contributed by atoms with van der Waals surface area (Å²) in [7, 11) is 0. The summed E-state index contributed by atoms with van der Waals surface area (Å²) in [5, 5.41) is 4.31. The Kier molecular flexibility index (Phi) is 2.67. The highest BCUT2D eigenvalue weighted by Gasteiger charge is 2.29. The molecule has 2 N–H and O–H groups in total. The van der Waals surface area contributed by atoms with Gasteiger partial charge in [0.25, 0.3) is 0 Å². The van der Waals surface area contributed by atoms with Gasteiger partial charge in [-0.3, -0.25) is 0 Å². The van der Waals surface area contributed by atoms with Crippen LogP contribution in [0.3, 0.4) is 0 Å². The first-order valence-corrected chi connectivity index (χ1v) is 5.61. The van der Waals surface area contributed by atoms with Crippen LogP contribution < -0.4 is 5.73 Å². The number of hydrogen-bond acceptors (Lipinski definition) is 3. The highest BCUT2D eigenvalue weighted by molar-refractivity contribution is 7.07. The maximum Gasteiger partial charge on any atom is 0.0647 e. The Morgan fingerprint density at radius 1 is 1.62 bits per heavy atom. The minimum Gasteiger partial charge on any atom is -0.379 e. The maximum atomic E-state index is 6.15. The lowest BCUT2D eigenvalue weighted by Crippen LogP contribution is -2.40. The Balaban J connectivity index is 1.85. The summed E-state index contributed by atoms with van der Waals surface area (Å²) < 4.78 is 5.31. The minimum absolute atomic E-state index is 0.0536. The predicted octanol–water partition coefficient (Wildman–Crippen LogP) is 1.80. The summed E-state index contributed by atoms with van der Waals surface area (Å²) >= 11 is 1.75. The summed E-state index contributed by atoms with van der Waals surface area (Å²) in [6.45, 7) is 1.57. The van der Waals surface area contributed by atoms with Crippen molar-refractivity contribution < 1.29 is 4.74 Å². The first kappa shape index (κ1) is 9.19. The van der Waals surface area contributed by atoms with Gasteiger partial charge in [-0.2, -0.15) is 11.3 Å². The van der Waals surface area contributed by atoms with Crippen LogP contribution in [0.1, 0.15) is 18.4 Å². The Morgan fingerprint density at radius 2 is 2.54 bits per heavy atom. The Morgan fingerprint density at radius 3 is 3.15 bits per heavy atom. The van der Waals surface area contributed by atoms with Crippen molar-refractivity contribution >= 4 is 11.3 Å². The Labute approximate surface area is 82.7 Å². The molecule has 72 valence electrons. The number of hydrogen-bond donors (Lipinski definition) is 1. The third kappa shape index (κ3) is 2.30. The Bertz CT molecular complexity index is 252. The molecule has 2 rings (SSSR count). The average molecular weight is 197 g/mol. The fourth-order valence-electron chi connectivity index (χ4n) is 1.65. The quantitative estimate of drug-likeness (QED) is 0.802. The van der Waals surface area contributed by atoms with Crippen molar-refractivity contribution in [3.63, 3.8) is 0 Å². The van der Waals surface area contributed by atoms with Gasteiger partial charge in [-0.15, -0.1) is 0 Å². The second-order valence-electron chi connectivity index (χ2n) is 3.80. The molecule has 1 unspecified atom stereocenters. The van der Waals surface area contributed by atoms with Crippen molar-refractivity contribution in [2.75, 3.05) is 13.2 Å². The molecule has 1 aliphatic heterocycles. The normalized spacial score (nSPS) is 28.1. The summed E-state index contributed by atoms with van der Waals surface area (Å²) in [6.07, 6.45) is 3.14. The fraction of sp³-hybridized carbons (Fsp3) is 0.600. The monoisotopic (exact) mass is 197 g/mol. The molecule has 3 heteroatoms. The molecule has 2 nitrogen and oxygen atoms in total. The molecule has 0 aromatic carbocycles. The third-order valence-corrected chi connectivity index (χ3v) is 3.36. The first-order valence-electron chi connectivity index (χ1n) is 4.66. The van der Waals surface area contributed by atoms with E-state index in [0.717, 1.165) is 32.5 Å². The van der Waals surface area contributed by atoms with E-state index in [4.69, 9.17) is 10.5 Å². The van der Waals surface area contributed by atoms with Crippen LogP contribution >= 0.6 is 11.3 Å². The van der Waals surface area contributed by atoms with Gasteiger partial charge in [-0.05, 0) is 41.7 Å². The fourth-order valence-corrected chi connectivity index (χ4v) is 2.35. The van der Waals surface area contributed by atoms with E-state index in [9.17, 15) is 0 Å². The Hall–Kier alpha value is -0.380. The lowest BCUT2D eigenvalue weighted by atomic mass is 9.92. The van der Waals surface area contributed by atoms with Crippen LogP contribution in [0.4, 0.5) is 0 Å². The van der Waals surface area contributed by atoms with Gasteiger partial charge in [0.1, 0.15) is 0 Å². The van der Waals surface area contributed by atoms with Crippen molar-refractivity contribution in [3.8, 4) is 0 Å². The molecule has 0 radical (unpaired) electrons. The molecule has 0 amide bonds. The summed E-state index contributed by atoms with van der Waals surface area (Å²) in [5.74, 6) is 0. The summed E-state index contributed by atoms with van der Waals surface area (Å²) in [5.41, 5.74) is 7.50. The van der Waals surface area contributed by atoms with Gasteiger partial charge in [-0.1, -0.05) is 0 Å². The standard InChI is InChI=1S/C10H15NOS/c11-10(4-5-12-8-10)3-1-9-2-6-13-7-9/h2,6-7H,1,3-5,8,11H2. The smallest absolute Gasteiger partial charge is 0.0647 e. The van der Waals surface area contributed by atoms with Gasteiger partial charge >= 0.3 is 0 Å². The second-order valence-corrected chi connectivity index (χ2v) is 4.58. The number of aryl methyl sites for hydroxylation is 1. The van der Waals surface area contributed by atoms with Crippen molar-refractivity contribution in [2.24, 2.45) is 5.73 Å². The molecule has 1 atom stereocenters. The number of ether oxygens (including phenoxy) is 1. The minimum atomic E-state index is -0.0536. The molecular weight excluding hydrogens is 182 g/mol. The van der Waals surface area contributed by atoms with E-state index in [1.54, 1.807) is 11.3 Å². The van der Waals surface area contributed by atoms with E-state index in [1.165, 1.54) is 5.56 Å². The largest absolute Gasteiger partial charge is 0.379 e. The number of nitrogens with two attached hydrogens (primary N) is 1. The highest BCUT2D eigenvalue weighted by Crippen LogP contribution is 2.22. The van der Waals surface area contributed by atoms with E-state index in [1.807, 2.05) is 0 Å². The van der Waals surface area contributed by atoms with Crippen LogP contribution in [-0.4, -0.2) is 18.8 Å². The van der Waals surface area contributed by atoms with Gasteiger partial charge in [-0.25, -0.2) is 0 Å². The summed E-state index contributed by atoms with van der Waals surface area (Å²) in [4.78, 5) is 0. The average Bonchev–Trinajstić information content (AvgIpc) is 2.72. The van der Waals surface area contributed by atoms with Gasteiger partial charge in [0.05, 0.1) is 6.61 Å². The zero-order valence-electron chi connectivity index (χ0n) is 7.66. The van der Waals surface area contributed by atoms with Crippen LogP contribution in [0.15, 0.2) is 16.8 Å². The highest BCUT2D eigenvalue weighted by atomic mass is 32.1. The molecule has 2 heterocycles. The SMILES string of the molecule is NC1(CCc2ccsc2)CCOC1. The second kappa shape index (κ2) is 3.78. The zero-order chi connectivity index (χ0) is 9.15. The van der Waals surface area contributed by atoms with E-state index >= 15 is 0 Å². The number of rotatable bonds is 3. The molecular formula is C10H15NOS. The molecule has 1 fully saturated rings. The van der Waals surface area contributed by atoms with E-state index in [2.05, 4.69) is 16.8 Å². The molecule has 1 saturated heterocycles. The molecule has 1 aromatic rings. The van der Waals surface area contributed by atoms with Gasteiger partial charge in [0, 0.05) is 12.1 Å². The lowest BCUT2D eigenvalue weighted by Gasteiger charge is -2.20. The molecule has 1 aliphatic rings. The molecule has 13 heavy (non-hydrogen) atoms. The topological polar surface area (TPSA) is 35.2 Å². The van der Waals surface area contributed by atoms with Crippen molar-refractivity contribution in [1.29, 1.82) is 0 Å². The third-order valence-electron chi connectivity index (χ3n) is 2.63. The van der Waals surface area contributed by atoms with Crippen molar-refractivity contribution in [2.45, 2.75) is 24.8 Å². The van der Waals surface area contributed by atoms with Crippen LogP contribution in [0.5, 0.6) is 0 Å². The lowest BCUT2D eigenvalue weighted by molar-refractivity contribution is 0.176. The van der Waals surface area contributed by atoms with Crippen molar-refractivity contribution in [3.05, 3.63) is 22.4 Å². The van der Waals surface area contributed by atoms with E-state index in [-0.39, 0.29) is 5.54 Å². The summed E-state index contributed by atoms with van der Waals surface area (Å²) in [6, 6.07) is 2.17. The zero-order valence-corrected chi connectivity index (χ0v) is 8.48. The van der Waals surface area contributed by atoms with Gasteiger partial charge in [0.2, 0.25) is 0 Å². The molecule has 0 bridgehead atoms. The van der Waals surface area contributed by atoms with E-state index < -0.39 is 0 Å². The molecule has 0 saturated carbocycles. The number of thiophene rings is 1.